The number of hydrogen-bond acceptors (Lipinski definition) is 6. The van der Waals surface area contributed by atoms with E-state index >= 15 is 0 Å². The van der Waals surface area contributed by atoms with Crippen LogP contribution in [0.5, 0.6) is 0 Å². The maximum atomic E-state index is 14.0. The lowest BCUT2D eigenvalue weighted by molar-refractivity contribution is -0.143. The van der Waals surface area contributed by atoms with Gasteiger partial charge in [0.05, 0.1) is 11.3 Å². The van der Waals surface area contributed by atoms with Crippen LogP contribution in [-0.2, 0) is 26.0 Å². The van der Waals surface area contributed by atoms with Gasteiger partial charge >= 0.3 is 0 Å². The summed E-state index contributed by atoms with van der Waals surface area (Å²) in [6, 6.07) is 6.65. The molecule has 2 heterocycles. The molecule has 1 aromatic carbocycles. The zero-order valence-electron chi connectivity index (χ0n) is 24.4. The quantitative estimate of drug-likeness (QED) is 0.435. The first-order chi connectivity index (χ1) is 19.0. The normalized spacial score (nSPS) is 24.8. The summed E-state index contributed by atoms with van der Waals surface area (Å²) in [4.78, 5) is 44.8. The summed E-state index contributed by atoms with van der Waals surface area (Å²) in [5.74, 6) is -0.915. The maximum absolute atomic E-state index is 14.0. The van der Waals surface area contributed by atoms with Crippen LogP contribution in [0.1, 0.15) is 58.6 Å². The van der Waals surface area contributed by atoms with Gasteiger partial charge in [0.25, 0.3) is 5.56 Å². The first-order valence-electron chi connectivity index (χ1n) is 14.2. The number of aryl methyl sites for hydroxylation is 1. The molecule has 3 N–H and O–H groups in total. The number of aromatic amines is 1. The van der Waals surface area contributed by atoms with Gasteiger partial charge in [-0.2, -0.15) is 5.26 Å². The molecule has 2 aromatic rings. The third-order valence-corrected chi connectivity index (χ3v) is 11.0. The van der Waals surface area contributed by atoms with Gasteiger partial charge in [-0.3, -0.25) is 14.4 Å². The fraction of sp³-hybridized carbons (Fsp3) is 0.600. The van der Waals surface area contributed by atoms with Crippen molar-refractivity contribution in [1.29, 1.82) is 5.26 Å². The molecule has 2 unspecified atom stereocenters. The molecular weight excluding hydrogens is 542 g/mol. The highest BCUT2D eigenvalue weighted by Gasteiger charge is 2.70. The lowest BCUT2D eigenvalue weighted by Crippen LogP contribution is -2.60. The van der Waals surface area contributed by atoms with Gasteiger partial charge in [-0.1, -0.05) is 46.2 Å². The lowest BCUT2D eigenvalue weighted by Gasteiger charge is -2.37. The highest BCUT2D eigenvalue weighted by atomic mass is 32.2. The van der Waals surface area contributed by atoms with Gasteiger partial charge in [-0.25, -0.2) is 13.1 Å². The average Bonchev–Trinajstić information content (AvgIpc) is 3.76. The van der Waals surface area contributed by atoms with E-state index in [1.165, 1.54) is 4.90 Å². The Bertz CT molecular complexity index is 1610. The Morgan fingerprint density at radius 3 is 2.51 bits per heavy atom. The number of aromatic nitrogens is 1. The standard InChI is InChI=1S/C30H39N5O5S/c1-16-7-10-22-17(11-16)12-18(26(36)33-22)13-19(14-31)32-27(37)24-23-21(30(23,5)6)15-35(24)28(38)25(29(2,3)4)34-41(39,40)20-8-9-20/h7,10-12,19-21,23-25,34H,8-9,13,15H2,1-6H3,(H,32,37)(H,33,36)/t19-,21?,23-,24?,25+/m1/s1. The molecule has 11 heteroatoms. The van der Waals surface area contributed by atoms with E-state index in [4.69, 9.17) is 0 Å². The molecule has 3 fully saturated rings. The molecule has 2 saturated carbocycles. The van der Waals surface area contributed by atoms with E-state index in [9.17, 15) is 28.1 Å². The van der Waals surface area contributed by atoms with E-state index in [0.717, 1.165) is 10.9 Å². The highest BCUT2D eigenvalue weighted by molar-refractivity contribution is 7.90. The summed E-state index contributed by atoms with van der Waals surface area (Å²) in [6.07, 6.45) is 1.15. The van der Waals surface area contributed by atoms with Gasteiger partial charge in [0, 0.05) is 24.0 Å². The molecule has 1 saturated heterocycles. The van der Waals surface area contributed by atoms with Gasteiger partial charge < -0.3 is 15.2 Å². The Morgan fingerprint density at radius 2 is 1.90 bits per heavy atom. The van der Waals surface area contributed by atoms with Crippen molar-refractivity contribution in [3.63, 3.8) is 0 Å². The molecule has 5 atom stereocenters. The first kappa shape index (κ1) is 29.3. The summed E-state index contributed by atoms with van der Waals surface area (Å²) < 4.78 is 28.3. The highest BCUT2D eigenvalue weighted by Crippen LogP contribution is 2.65. The molecule has 220 valence electrons. The number of nitrogens with zero attached hydrogens (tertiary/aromatic N) is 2. The van der Waals surface area contributed by atoms with Gasteiger partial charge in [-0.05, 0) is 66.0 Å². The number of fused-ring (bicyclic) bond motifs is 2. The van der Waals surface area contributed by atoms with E-state index in [1.54, 1.807) is 26.8 Å². The Balaban J connectivity index is 1.38. The van der Waals surface area contributed by atoms with Crippen molar-refractivity contribution in [1.82, 2.24) is 19.9 Å². The van der Waals surface area contributed by atoms with Crippen LogP contribution >= 0.6 is 0 Å². The van der Waals surface area contributed by atoms with E-state index in [2.05, 4.69) is 34.9 Å². The van der Waals surface area contributed by atoms with Crippen molar-refractivity contribution in [2.75, 3.05) is 6.54 Å². The molecule has 0 bridgehead atoms. The molecule has 2 amide bonds. The van der Waals surface area contributed by atoms with Crippen LogP contribution in [0.2, 0.25) is 0 Å². The van der Waals surface area contributed by atoms with E-state index < -0.39 is 50.6 Å². The van der Waals surface area contributed by atoms with Crippen LogP contribution in [0.3, 0.4) is 0 Å². The van der Waals surface area contributed by atoms with Crippen LogP contribution in [0.15, 0.2) is 29.1 Å². The second-order valence-electron chi connectivity index (χ2n) is 13.7. The van der Waals surface area contributed by atoms with E-state index in [0.29, 0.717) is 30.5 Å². The van der Waals surface area contributed by atoms with Crippen LogP contribution in [0.25, 0.3) is 10.9 Å². The van der Waals surface area contributed by atoms with Crippen molar-refractivity contribution >= 4 is 32.7 Å². The number of pyridine rings is 1. The van der Waals surface area contributed by atoms with Crippen LogP contribution in [0.4, 0.5) is 0 Å². The molecule has 3 aliphatic rings. The largest absolute Gasteiger partial charge is 0.338 e. The minimum absolute atomic E-state index is 0.00537. The second-order valence-corrected chi connectivity index (χ2v) is 15.7. The number of hydrogen-bond donors (Lipinski definition) is 3. The number of likely N-dealkylation sites (tertiary alicyclic amines) is 1. The summed E-state index contributed by atoms with van der Waals surface area (Å²) in [6.45, 7) is 11.8. The second kappa shape index (κ2) is 9.95. The van der Waals surface area contributed by atoms with Gasteiger partial charge in [0.15, 0.2) is 0 Å². The van der Waals surface area contributed by atoms with Crippen molar-refractivity contribution < 1.29 is 18.0 Å². The van der Waals surface area contributed by atoms with Crippen molar-refractivity contribution in [3.8, 4) is 6.07 Å². The van der Waals surface area contributed by atoms with E-state index in [-0.39, 0.29) is 29.2 Å². The molecule has 10 nitrogen and oxygen atoms in total. The van der Waals surface area contributed by atoms with Crippen molar-refractivity contribution in [3.05, 3.63) is 45.7 Å². The fourth-order valence-electron chi connectivity index (χ4n) is 6.34. The molecule has 41 heavy (non-hydrogen) atoms. The molecule has 0 radical (unpaired) electrons. The lowest BCUT2D eigenvalue weighted by atomic mass is 9.86. The third kappa shape index (κ3) is 5.52. The Hall–Kier alpha value is -3.23. The first-order valence-corrected chi connectivity index (χ1v) is 15.7. The topological polar surface area (TPSA) is 152 Å². The minimum atomic E-state index is -3.66. The summed E-state index contributed by atoms with van der Waals surface area (Å²) in [7, 11) is -3.66. The molecule has 2 aliphatic carbocycles. The number of nitrogens with one attached hydrogen (secondary N) is 3. The smallest absolute Gasteiger partial charge is 0.251 e. The summed E-state index contributed by atoms with van der Waals surface area (Å²) >= 11 is 0. The number of sulfonamides is 1. The Labute approximate surface area is 240 Å². The number of nitriles is 1. The molecule has 1 aromatic heterocycles. The number of carbonyl (C=O) groups is 2. The monoisotopic (exact) mass is 581 g/mol. The number of amides is 2. The van der Waals surface area contributed by atoms with Crippen LogP contribution in [-0.4, -0.2) is 60.0 Å². The summed E-state index contributed by atoms with van der Waals surface area (Å²) in [5, 5.41) is 13.1. The number of H-pyrrole nitrogens is 1. The van der Waals surface area contributed by atoms with Gasteiger partial charge in [0.1, 0.15) is 18.1 Å². The number of benzene rings is 1. The van der Waals surface area contributed by atoms with E-state index in [1.807, 2.05) is 25.1 Å². The fourth-order valence-corrected chi connectivity index (χ4v) is 8.08. The van der Waals surface area contributed by atoms with Gasteiger partial charge in [-0.15, -0.1) is 0 Å². The SMILES string of the molecule is Cc1ccc2[nH]c(=O)c(C[C@H](C#N)NC(=O)C3[C@H]4C(CN3C(=O)[C@H](NS(=O)(=O)C3CC3)C(C)(C)C)C4(C)C)cc2c1. The van der Waals surface area contributed by atoms with Crippen LogP contribution in [0, 0.1) is 40.9 Å². The number of carbonyl (C=O) groups excluding carboxylic acids is 2. The maximum Gasteiger partial charge on any atom is 0.251 e. The van der Waals surface area contributed by atoms with Crippen LogP contribution < -0.4 is 15.6 Å². The number of piperidine rings is 1. The predicted octanol–water partition coefficient (Wildman–Crippen LogP) is 2.37. The third-order valence-electron chi connectivity index (χ3n) is 9.09. The summed E-state index contributed by atoms with van der Waals surface area (Å²) in [5.41, 5.74) is 0.872. The molecular formula is C30H39N5O5S. The van der Waals surface area contributed by atoms with Gasteiger partial charge in [0.2, 0.25) is 21.8 Å². The van der Waals surface area contributed by atoms with Crippen molar-refractivity contribution in [2.24, 2.45) is 22.7 Å². The molecule has 5 rings (SSSR count). The Morgan fingerprint density at radius 1 is 1.22 bits per heavy atom. The minimum Gasteiger partial charge on any atom is -0.338 e. The molecule has 1 aliphatic heterocycles. The number of rotatable bonds is 8. The molecule has 0 spiro atoms. The zero-order chi connectivity index (χ0) is 30.1. The predicted molar refractivity (Wildman–Crippen MR) is 155 cm³/mol. The van der Waals surface area contributed by atoms with Crippen molar-refractivity contribution in [2.45, 2.75) is 84.2 Å². The average molecular weight is 582 g/mol. The zero-order valence-corrected chi connectivity index (χ0v) is 25.3. The Kier molecular flexibility index (Phi) is 7.10.